The third kappa shape index (κ3) is 4.25. The fraction of sp³-hybridized carbons (Fsp3) is 0.238. The number of amides is 2. The molecule has 0 saturated carbocycles. The fourth-order valence-electron chi connectivity index (χ4n) is 2.91. The summed E-state index contributed by atoms with van der Waals surface area (Å²) < 4.78 is 1.69. The number of hydrogen-bond donors (Lipinski definition) is 1. The van der Waals surface area contributed by atoms with Crippen LogP contribution in [0.2, 0.25) is 0 Å². The van der Waals surface area contributed by atoms with Crippen molar-refractivity contribution in [2.45, 2.75) is 26.8 Å². The number of carbonyl (C=O) groups is 2. The average Bonchev–Trinajstić information content (AvgIpc) is 3.13. The van der Waals surface area contributed by atoms with Crippen LogP contribution >= 0.6 is 0 Å². The number of carbonyl (C=O) groups excluding carboxylic acids is 2. The van der Waals surface area contributed by atoms with Crippen molar-refractivity contribution in [3.8, 4) is 5.82 Å². The van der Waals surface area contributed by atoms with Crippen LogP contribution in [0.4, 0.5) is 5.69 Å². The average molecular weight is 377 g/mol. The van der Waals surface area contributed by atoms with Gasteiger partial charge in [-0.05, 0) is 36.2 Å². The molecule has 0 saturated heterocycles. The van der Waals surface area contributed by atoms with Gasteiger partial charge < -0.3 is 10.2 Å². The van der Waals surface area contributed by atoms with Crippen molar-refractivity contribution in [1.82, 2.24) is 19.7 Å². The van der Waals surface area contributed by atoms with Gasteiger partial charge in [0.25, 0.3) is 5.91 Å². The number of anilines is 1. The Hall–Kier alpha value is -3.48. The van der Waals surface area contributed by atoms with Gasteiger partial charge in [-0.1, -0.05) is 25.1 Å². The van der Waals surface area contributed by atoms with Crippen LogP contribution in [0.25, 0.3) is 5.82 Å². The first-order valence-corrected chi connectivity index (χ1v) is 9.10. The lowest BCUT2D eigenvalue weighted by Crippen LogP contribution is -2.23. The molecule has 1 N–H and O–H groups in total. The first-order valence-electron chi connectivity index (χ1n) is 9.10. The van der Waals surface area contributed by atoms with Crippen LogP contribution in [0.15, 0.2) is 54.9 Å². The Morgan fingerprint density at radius 2 is 2.00 bits per heavy atom. The molecule has 3 aromatic rings. The van der Waals surface area contributed by atoms with E-state index in [-0.39, 0.29) is 11.8 Å². The van der Waals surface area contributed by atoms with E-state index in [0.717, 1.165) is 11.3 Å². The number of nitrogens with zero attached hydrogens (tertiary/aromatic N) is 4. The minimum atomic E-state index is -0.226. The van der Waals surface area contributed by atoms with E-state index in [0.29, 0.717) is 30.0 Å². The number of rotatable bonds is 6. The smallest absolute Gasteiger partial charge is 0.259 e. The van der Waals surface area contributed by atoms with E-state index in [1.54, 1.807) is 29.0 Å². The molecule has 0 aliphatic heterocycles. The van der Waals surface area contributed by atoms with Gasteiger partial charge in [0.1, 0.15) is 0 Å². The number of aromatic nitrogens is 3. The Morgan fingerprint density at radius 3 is 2.68 bits per heavy atom. The molecule has 0 unspecified atom stereocenters. The summed E-state index contributed by atoms with van der Waals surface area (Å²) in [4.78, 5) is 30.2. The molecule has 7 nitrogen and oxygen atoms in total. The molecule has 0 atom stereocenters. The van der Waals surface area contributed by atoms with Gasteiger partial charge in [0, 0.05) is 32.4 Å². The Kier molecular flexibility index (Phi) is 5.84. The molecule has 0 aliphatic carbocycles. The molecule has 0 spiro atoms. The van der Waals surface area contributed by atoms with Crippen molar-refractivity contribution in [2.24, 2.45) is 0 Å². The lowest BCUT2D eigenvalue weighted by atomic mass is 10.1. The van der Waals surface area contributed by atoms with E-state index in [1.807, 2.05) is 49.4 Å². The van der Waals surface area contributed by atoms with Crippen LogP contribution in [0.3, 0.4) is 0 Å². The summed E-state index contributed by atoms with van der Waals surface area (Å²) in [5.74, 6) is 0.438. The Labute approximate surface area is 164 Å². The van der Waals surface area contributed by atoms with Crippen LogP contribution < -0.4 is 5.32 Å². The second kappa shape index (κ2) is 8.47. The monoisotopic (exact) mass is 377 g/mol. The molecule has 2 aromatic heterocycles. The molecule has 1 aromatic carbocycles. The predicted molar refractivity (Wildman–Crippen MR) is 107 cm³/mol. The highest BCUT2D eigenvalue weighted by molar-refractivity contribution is 6.05. The highest BCUT2D eigenvalue weighted by Gasteiger charge is 2.18. The fourth-order valence-corrected chi connectivity index (χ4v) is 2.91. The first-order chi connectivity index (χ1) is 13.5. The van der Waals surface area contributed by atoms with Crippen LogP contribution in [-0.2, 0) is 17.8 Å². The number of pyridine rings is 1. The summed E-state index contributed by atoms with van der Waals surface area (Å²) in [7, 11) is 1.74. The van der Waals surface area contributed by atoms with Crippen LogP contribution in [0.5, 0.6) is 0 Å². The number of benzene rings is 1. The maximum atomic E-state index is 12.8. The summed E-state index contributed by atoms with van der Waals surface area (Å²) in [6.45, 7) is 3.99. The van der Waals surface area contributed by atoms with Crippen molar-refractivity contribution in [3.63, 3.8) is 0 Å². The van der Waals surface area contributed by atoms with E-state index in [4.69, 9.17) is 0 Å². The van der Waals surface area contributed by atoms with Crippen LogP contribution in [0, 0.1) is 0 Å². The molecule has 28 heavy (non-hydrogen) atoms. The third-order valence-electron chi connectivity index (χ3n) is 4.46. The number of hydrogen-bond acceptors (Lipinski definition) is 4. The minimum Gasteiger partial charge on any atom is -0.342 e. The Bertz CT molecular complexity index is 981. The predicted octanol–water partition coefficient (Wildman–Crippen LogP) is 3.06. The van der Waals surface area contributed by atoms with E-state index in [2.05, 4.69) is 15.4 Å². The lowest BCUT2D eigenvalue weighted by Gasteiger charge is -2.15. The molecule has 144 valence electrons. The molecule has 2 amide bonds. The topological polar surface area (TPSA) is 80.1 Å². The highest BCUT2D eigenvalue weighted by atomic mass is 16.2. The SMILES string of the molecule is CCc1c(C(=O)Nc2cccc(CN(C)C(C)=O)c2)cnn1-c1ccccn1. The Balaban J connectivity index is 1.80. The maximum Gasteiger partial charge on any atom is 0.259 e. The van der Waals surface area contributed by atoms with Gasteiger partial charge in [0.05, 0.1) is 17.5 Å². The zero-order valence-corrected chi connectivity index (χ0v) is 16.2. The van der Waals surface area contributed by atoms with Crippen molar-refractivity contribution >= 4 is 17.5 Å². The Morgan fingerprint density at radius 1 is 1.18 bits per heavy atom. The first kappa shape index (κ1) is 19.3. The second-order valence-electron chi connectivity index (χ2n) is 6.49. The van der Waals surface area contributed by atoms with E-state index >= 15 is 0 Å². The second-order valence-corrected chi connectivity index (χ2v) is 6.49. The summed E-state index contributed by atoms with van der Waals surface area (Å²) in [6.07, 6.45) is 3.90. The van der Waals surface area contributed by atoms with Gasteiger partial charge in [0.2, 0.25) is 5.91 Å². The largest absolute Gasteiger partial charge is 0.342 e. The van der Waals surface area contributed by atoms with Gasteiger partial charge in [-0.3, -0.25) is 9.59 Å². The van der Waals surface area contributed by atoms with E-state index in [1.165, 1.54) is 6.92 Å². The van der Waals surface area contributed by atoms with Crippen molar-refractivity contribution in [1.29, 1.82) is 0 Å². The van der Waals surface area contributed by atoms with Gasteiger partial charge in [-0.25, -0.2) is 9.67 Å². The minimum absolute atomic E-state index is 0.0102. The van der Waals surface area contributed by atoms with Gasteiger partial charge in [-0.15, -0.1) is 0 Å². The van der Waals surface area contributed by atoms with Gasteiger partial charge in [-0.2, -0.15) is 5.10 Å². The molecule has 0 aliphatic rings. The molecule has 3 rings (SSSR count). The molecule has 7 heteroatoms. The molecule has 2 heterocycles. The third-order valence-corrected chi connectivity index (χ3v) is 4.46. The summed E-state index contributed by atoms with van der Waals surface area (Å²) in [5, 5.41) is 7.27. The van der Waals surface area contributed by atoms with Crippen molar-refractivity contribution in [2.75, 3.05) is 12.4 Å². The standard InChI is InChI=1S/C21H23N5O2/c1-4-19-18(13-23-26(19)20-10-5-6-11-22-20)21(28)24-17-9-7-8-16(12-17)14-25(3)15(2)27/h5-13H,4,14H2,1-3H3,(H,24,28). The zero-order valence-electron chi connectivity index (χ0n) is 16.2. The lowest BCUT2D eigenvalue weighted by molar-refractivity contribution is -0.128. The molecule has 0 radical (unpaired) electrons. The summed E-state index contributed by atoms with van der Waals surface area (Å²) >= 11 is 0. The quantitative estimate of drug-likeness (QED) is 0.716. The highest BCUT2D eigenvalue weighted by Crippen LogP contribution is 2.18. The molecular weight excluding hydrogens is 354 g/mol. The molecule has 0 fully saturated rings. The zero-order chi connectivity index (χ0) is 20.1. The van der Waals surface area contributed by atoms with E-state index < -0.39 is 0 Å². The van der Waals surface area contributed by atoms with Gasteiger partial charge >= 0.3 is 0 Å². The number of nitrogens with one attached hydrogen (secondary N) is 1. The van der Waals surface area contributed by atoms with Gasteiger partial charge in [0.15, 0.2) is 5.82 Å². The van der Waals surface area contributed by atoms with Crippen molar-refractivity contribution in [3.05, 3.63) is 71.7 Å². The summed E-state index contributed by atoms with van der Waals surface area (Å²) in [5.41, 5.74) is 2.92. The summed E-state index contributed by atoms with van der Waals surface area (Å²) in [6, 6.07) is 13.0. The van der Waals surface area contributed by atoms with Crippen molar-refractivity contribution < 1.29 is 9.59 Å². The molecule has 0 bridgehead atoms. The van der Waals surface area contributed by atoms with E-state index in [9.17, 15) is 9.59 Å². The maximum absolute atomic E-state index is 12.8. The normalized spacial score (nSPS) is 10.5. The molecular formula is C21H23N5O2. The van der Waals surface area contributed by atoms with Crippen LogP contribution in [-0.4, -0.2) is 38.5 Å². The van der Waals surface area contributed by atoms with Crippen LogP contribution in [0.1, 0.15) is 35.5 Å².